The van der Waals surface area contributed by atoms with E-state index in [1.807, 2.05) is 0 Å². The highest BCUT2D eigenvalue weighted by molar-refractivity contribution is 5.88. The fraction of sp³-hybridized carbons (Fsp3) is 0.222. The largest absolute Gasteiger partial charge is 0.480 e. The zero-order valence-electron chi connectivity index (χ0n) is 7.81. The number of nitrogens with zero attached hydrogens (tertiary/aromatic N) is 1. The second kappa shape index (κ2) is 4.36. The summed E-state index contributed by atoms with van der Waals surface area (Å²) in [5, 5.41) is 0. The molecule has 0 spiro atoms. The van der Waals surface area contributed by atoms with E-state index in [4.69, 9.17) is 4.74 Å². The van der Waals surface area contributed by atoms with Crippen LogP contribution in [0.1, 0.15) is 20.8 Å². The van der Waals surface area contributed by atoms with Gasteiger partial charge in [0.1, 0.15) is 0 Å². The number of carbonyl (C=O) groups is 2. The molecule has 5 heteroatoms. The van der Waals surface area contributed by atoms with Gasteiger partial charge in [0, 0.05) is 0 Å². The second-order valence-corrected chi connectivity index (χ2v) is 2.40. The number of rotatable bonds is 3. The molecule has 74 valence electrons. The van der Waals surface area contributed by atoms with Gasteiger partial charge in [0.15, 0.2) is 12.0 Å². The standard InChI is InChI=1S/C9H9NO4/c1-13-8-6(5-11)3-4-7(10-8)9(12)14-2/h3-5H,1-2H3. The summed E-state index contributed by atoms with van der Waals surface area (Å²) in [6.45, 7) is 0. The molecule has 0 aliphatic heterocycles. The van der Waals surface area contributed by atoms with Gasteiger partial charge in [0.25, 0.3) is 0 Å². The van der Waals surface area contributed by atoms with Crippen LogP contribution in [0.2, 0.25) is 0 Å². The molecule has 1 heterocycles. The van der Waals surface area contributed by atoms with Crippen LogP contribution in [0.15, 0.2) is 12.1 Å². The lowest BCUT2D eigenvalue weighted by atomic mass is 10.2. The minimum absolute atomic E-state index is 0.106. The van der Waals surface area contributed by atoms with Gasteiger partial charge in [-0.15, -0.1) is 0 Å². The van der Waals surface area contributed by atoms with Crippen LogP contribution in [-0.2, 0) is 4.74 Å². The van der Waals surface area contributed by atoms with Crippen LogP contribution >= 0.6 is 0 Å². The predicted octanol–water partition coefficient (Wildman–Crippen LogP) is 0.689. The maximum Gasteiger partial charge on any atom is 0.356 e. The third kappa shape index (κ3) is 1.87. The molecule has 0 radical (unpaired) electrons. The molecule has 0 bridgehead atoms. The maximum atomic E-state index is 11.1. The van der Waals surface area contributed by atoms with Gasteiger partial charge in [-0.25, -0.2) is 9.78 Å². The molecule has 0 unspecified atom stereocenters. The second-order valence-electron chi connectivity index (χ2n) is 2.40. The lowest BCUT2D eigenvalue weighted by Crippen LogP contribution is -2.06. The summed E-state index contributed by atoms with van der Waals surface area (Å²) in [5.41, 5.74) is 0.398. The van der Waals surface area contributed by atoms with Crippen LogP contribution in [0.5, 0.6) is 5.88 Å². The summed E-state index contributed by atoms with van der Waals surface area (Å²) >= 11 is 0. The lowest BCUT2D eigenvalue weighted by molar-refractivity contribution is 0.0592. The average Bonchev–Trinajstić information content (AvgIpc) is 2.26. The van der Waals surface area contributed by atoms with E-state index < -0.39 is 5.97 Å². The van der Waals surface area contributed by atoms with E-state index in [2.05, 4.69) is 9.72 Å². The number of aldehydes is 1. The quantitative estimate of drug-likeness (QED) is 0.524. The summed E-state index contributed by atoms with van der Waals surface area (Å²) < 4.78 is 9.29. The fourth-order valence-electron chi connectivity index (χ4n) is 0.923. The van der Waals surface area contributed by atoms with Crippen molar-refractivity contribution in [3.63, 3.8) is 0 Å². The van der Waals surface area contributed by atoms with E-state index in [0.29, 0.717) is 11.8 Å². The Morgan fingerprint density at radius 2 is 2.14 bits per heavy atom. The molecule has 0 saturated carbocycles. The Hall–Kier alpha value is -1.91. The smallest absolute Gasteiger partial charge is 0.356 e. The monoisotopic (exact) mass is 195 g/mol. The molecule has 0 amide bonds. The highest BCUT2D eigenvalue weighted by Gasteiger charge is 2.11. The Bertz CT molecular complexity index is 362. The summed E-state index contributed by atoms with van der Waals surface area (Å²) in [6, 6.07) is 2.85. The third-order valence-electron chi connectivity index (χ3n) is 1.60. The molecule has 0 atom stereocenters. The van der Waals surface area contributed by atoms with Crippen molar-refractivity contribution in [1.82, 2.24) is 4.98 Å². The zero-order valence-corrected chi connectivity index (χ0v) is 7.81. The van der Waals surface area contributed by atoms with Crippen molar-refractivity contribution >= 4 is 12.3 Å². The van der Waals surface area contributed by atoms with Crippen molar-refractivity contribution < 1.29 is 19.1 Å². The first-order valence-corrected chi connectivity index (χ1v) is 3.81. The number of methoxy groups -OCH3 is 2. The van der Waals surface area contributed by atoms with Crippen LogP contribution in [0.25, 0.3) is 0 Å². The molecule has 0 saturated heterocycles. The van der Waals surface area contributed by atoms with Crippen molar-refractivity contribution in [2.75, 3.05) is 14.2 Å². The van der Waals surface area contributed by atoms with Crippen LogP contribution in [0, 0.1) is 0 Å². The van der Waals surface area contributed by atoms with Crippen molar-refractivity contribution in [3.8, 4) is 5.88 Å². The number of esters is 1. The SMILES string of the molecule is COC(=O)c1ccc(C=O)c(OC)n1. The summed E-state index contributed by atoms with van der Waals surface area (Å²) in [4.78, 5) is 25.4. The number of carbonyl (C=O) groups excluding carboxylic acids is 2. The fourth-order valence-corrected chi connectivity index (χ4v) is 0.923. The average molecular weight is 195 g/mol. The normalized spacial score (nSPS) is 9.29. The predicted molar refractivity (Wildman–Crippen MR) is 47.5 cm³/mol. The van der Waals surface area contributed by atoms with Crippen molar-refractivity contribution in [2.45, 2.75) is 0 Å². The molecule has 0 aliphatic rings. The first-order valence-electron chi connectivity index (χ1n) is 3.81. The minimum Gasteiger partial charge on any atom is -0.480 e. The van der Waals surface area contributed by atoms with Crippen LogP contribution in [-0.4, -0.2) is 31.5 Å². The molecule has 0 aliphatic carbocycles. The van der Waals surface area contributed by atoms with Gasteiger partial charge in [0.05, 0.1) is 19.8 Å². The van der Waals surface area contributed by atoms with Crippen molar-refractivity contribution in [3.05, 3.63) is 23.4 Å². The number of hydrogen-bond donors (Lipinski definition) is 0. The Morgan fingerprint density at radius 3 is 2.64 bits per heavy atom. The van der Waals surface area contributed by atoms with Crippen molar-refractivity contribution in [2.24, 2.45) is 0 Å². The maximum absolute atomic E-state index is 11.1. The summed E-state index contributed by atoms with van der Waals surface area (Å²) in [7, 11) is 2.63. The molecule has 1 aromatic rings. The Kier molecular flexibility index (Phi) is 3.17. The molecule has 0 N–H and O–H groups in total. The molecule has 1 aromatic heterocycles. The topological polar surface area (TPSA) is 65.5 Å². The van der Waals surface area contributed by atoms with Gasteiger partial charge in [-0.3, -0.25) is 4.79 Å². The highest BCUT2D eigenvalue weighted by Crippen LogP contribution is 2.13. The molecular formula is C9H9NO4. The van der Waals surface area contributed by atoms with Gasteiger partial charge in [-0.2, -0.15) is 0 Å². The lowest BCUT2D eigenvalue weighted by Gasteiger charge is -2.03. The van der Waals surface area contributed by atoms with E-state index in [9.17, 15) is 9.59 Å². The first-order chi connectivity index (χ1) is 6.72. The van der Waals surface area contributed by atoms with Crippen LogP contribution in [0.4, 0.5) is 0 Å². The number of ether oxygens (including phenoxy) is 2. The molecular weight excluding hydrogens is 186 g/mol. The zero-order chi connectivity index (χ0) is 10.6. The number of aromatic nitrogens is 1. The number of pyridine rings is 1. The van der Waals surface area contributed by atoms with Crippen LogP contribution < -0.4 is 4.74 Å². The van der Waals surface area contributed by atoms with E-state index in [-0.39, 0.29) is 11.6 Å². The molecule has 1 rings (SSSR count). The van der Waals surface area contributed by atoms with E-state index in [1.54, 1.807) is 0 Å². The first kappa shape index (κ1) is 10.2. The van der Waals surface area contributed by atoms with Gasteiger partial charge in [-0.05, 0) is 12.1 Å². The molecule has 0 fully saturated rings. The van der Waals surface area contributed by atoms with Crippen molar-refractivity contribution in [1.29, 1.82) is 0 Å². The third-order valence-corrected chi connectivity index (χ3v) is 1.60. The Balaban J connectivity index is 3.13. The minimum atomic E-state index is -0.569. The summed E-state index contributed by atoms with van der Waals surface area (Å²) in [6.07, 6.45) is 0.604. The molecule has 0 aromatic carbocycles. The van der Waals surface area contributed by atoms with E-state index >= 15 is 0 Å². The van der Waals surface area contributed by atoms with Gasteiger partial charge < -0.3 is 9.47 Å². The van der Waals surface area contributed by atoms with E-state index in [0.717, 1.165) is 0 Å². The molecule has 5 nitrogen and oxygen atoms in total. The number of hydrogen-bond acceptors (Lipinski definition) is 5. The van der Waals surface area contributed by atoms with Gasteiger partial charge in [-0.1, -0.05) is 0 Å². The highest BCUT2D eigenvalue weighted by atomic mass is 16.5. The Morgan fingerprint density at radius 1 is 1.43 bits per heavy atom. The Labute approximate surface area is 80.7 Å². The summed E-state index contributed by atoms with van der Waals surface area (Å²) in [5.74, 6) is -0.455. The van der Waals surface area contributed by atoms with Crippen LogP contribution in [0.3, 0.4) is 0 Å². The van der Waals surface area contributed by atoms with E-state index in [1.165, 1.54) is 26.4 Å². The van der Waals surface area contributed by atoms with Gasteiger partial charge in [0.2, 0.25) is 5.88 Å². The molecule has 14 heavy (non-hydrogen) atoms. The van der Waals surface area contributed by atoms with Gasteiger partial charge >= 0.3 is 5.97 Å².